The summed E-state index contributed by atoms with van der Waals surface area (Å²) < 4.78 is 0. The predicted octanol–water partition coefficient (Wildman–Crippen LogP) is -2.76. The van der Waals surface area contributed by atoms with Crippen LogP contribution >= 0.6 is 0 Å². The van der Waals surface area contributed by atoms with Crippen LogP contribution in [0, 0.1) is 0 Å². The van der Waals surface area contributed by atoms with Gasteiger partial charge in [-0.1, -0.05) is 101 Å². The first-order chi connectivity index (χ1) is 11.6. The topological polar surface area (TPSA) is 16.6 Å². The fourth-order valence-corrected chi connectivity index (χ4v) is 3.36. The van der Waals surface area contributed by atoms with Crippen LogP contribution in [-0.2, 0) is 6.54 Å². The molecule has 1 nitrogen and oxygen atoms in total. The Hall–Kier alpha value is 0.0500. The molecule has 0 aliphatic heterocycles. The van der Waals surface area contributed by atoms with Gasteiger partial charge in [0.15, 0.2) is 0 Å². The van der Waals surface area contributed by atoms with E-state index in [9.17, 15) is 0 Å². The number of benzene rings is 1. The monoisotopic (exact) mass is 437 g/mol. The summed E-state index contributed by atoms with van der Waals surface area (Å²) >= 11 is 0. The maximum atomic E-state index is 2.51. The van der Waals surface area contributed by atoms with Gasteiger partial charge in [0.05, 0.1) is 5.54 Å². The van der Waals surface area contributed by atoms with E-state index in [1.807, 2.05) is 0 Å². The van der Waals surface area contributed by atoms with Crippen molar-refractivity contribution in [3.05, 3.63) is 35.9 Å². The molecular formula is C23H42Cl3N-2. The maximum absolute atomic E-state index is 2.51. The van der Waals surface area contributed by atoms with Crippen molar-refractivity contribution in [2.75, 3.05) is 0 Å². The highest BCUT2D eigenvalue weighted by molar-refractivity contribution is 5.13. The van der Waals surface area contributed by atoms with E-state index in [1.165, 1.54) is 82.6 Å². The molecule has 0 aliphatic rings. The lowest BCUT2D eigenvalue weighted by Gasteiger charge is -2.23. The normalized spacial score (nSPS) is 10.5. The Labute approximate surface area is 188 Å². The summed E-state index contributed by atoms with van der Waals surface area (Å²) in [6.07, 6.45) is 17.1. The Morgan fingerprint density at radius 1 is 0.667 bits per heavy atom. The van der Waals surface area contributed by atoms with Gasteiger partial charge in [-0.05, 0) is 20.3 Å². The van der Waals surface area contributed by atoms with Crippen LogP contribution in [0.4, 0.5) is 0 Å². The molecule has 0 bridgehead atoms. The first kappa shape index (κ1) is 31.7. The number of hydrogen-bond donors (Lipinski definition) is 1. The van der Waals surface area contributed by atoms with Crippen molar-refractivity contribution in [3.63, 3.8) is 0 Å². The second-order valence-corrected chi connectivity index (χ2v) is 8.17. The van der Waals surface area contributed by atoms with Gasteiger partial charge in [0.1, 0.15) is 6.54 Å². The highest BCUT2D eigenvalue weighted by Gasteiger charge is 2.20. The minimum absolute atomic E-state index is 0. The fraction of sp³-hybridized carbons (Fsp3) is 0.739. The average Bonchev–Trinajstić information content (AvgIpc) is 2.59. The molecule has 2 N–H and O–H groups in total. The number of nitrogens with two attached hydrogens (primary N) is 1. The number of quaternary nitrogens is 1. The summed E-state index contributed by atoms with van der Waals surface area (Å²) in [4.78, 5) is 0. The molecule has 0 saturated heterocycles. The predicted molar refractivity (Wildman–Crippen MR) is 107 cm³/mol. The van der Waals surface area contributed by atoms with Crippen molar-refractivity contribution < 1.29 is 42.5 Å². The second kappa shape index (κ2) is 20.8. The van der Waals surface area contributed by atoms with Gasteiger partial charge in [-0.3, -0.25) is 0 Å². The molecule has 0 spiro atoms. The molecule has 1 aromatic carbocycles. The Bertz CT molecular complexity index is 396. The molecule has 0 fully saturated rings. The molecule has 1 aromatic rings. The van der Waals surface area contributed by atoms with E-state index >= 15 is 0 Å². The second-order valence-electron chi connectivity index (χ2n) is 8.17. The quantitative estimate of drug-likeness (QED) is 0.286. The van der Waals surface area contributed by atoms with Crippen molar-refractivity contribution in [3.8, 4) is 0 Å². The van der Waals surface area contributed by atoms with Gasteiger partial charge in [-0.2, -0.15) is 0 Å². The Kier molecular flexibility index (Phi) is 24.4. The van der Waals surface area contributed by atoms with Crippen molar-refractivity contribution in [2.45, 2.75) is 110 Å². The van der Waals surface area contributed by atoms with Gasteiger partial charge in [0.2, 0.25) is 0 Å². The zero-order valence-electron chi connectivity index (χ0n) is 17.8. The Balaban J connectivity index is -0.00000192. The molecule has 0 radical (unpaired) electrons. The van der Waals surface area contributed by atoms with E-state index in [1.54, 1.807) is 0 Å². The smallest absolute Gasteiger partial charge is 0.102 e. The SMILES string of the molecule is CCCCCCCCCCCCCC(C)(C)[NH2+]Cc1ccccc1.[Cl-].[Cl-].[Cl-]. The minimum Gasteiger partial charge on any atom is -1.00 e. The van der Waals surface area contributed by atoms with Gasteiger partial charge in [0.25, 0.3) is 0 Å². The van der Waals surface area contributed by atoms with Gasteiger partial charge in [0, 0.05) is 12.0 Å². The molecule has 0 amide bonds. The molecule has 0 aliphatic carbocycles. The zero-order chi connectivity index (χ0) is 17.5. The number of halogens is 3. The van der Waals surface area contributed by atoms with E-state index in [0.717, 1.165) is 6.54 Å². The number of unbranched alkanes of at least 4 members (excludes halogenated alkanes) is 10. The molecule has 162 valence electrons. The molecule has 0 saturated carbocycles. The molecule has 0 heterocycles. The highest BCUT2D eigenvalue weighted by Crippen LogP contribution is 2.14. The van der Waals surface area contributed by atoms with Crippen molar-refractivity contribution in [1.29, 1.82) is 0 Å². The summed E-state index contributed by atoms with van der Waals surface area (Å²) in [5, 5.41) is 2.51. The molecule has 0 aromatic heterocycles. The van der Waals surface area contributed by atoms with E-state index in [0.29, 0.717) is 5.54 Å². The maximum Gasteiger partial charge on any atom is 0.102 e. The van der Waals surface area contributed by atoms with E-state index in [2.05, 4.69) is 56.4 Å². The van der Waals surface area contributed by atoms with Gasteiger partial charge < -0.3 is 42.5 Å². The Morgan fingerprint density at radius 3 is 1.59 bits per heavy atom. The molecular weight excluding hydrogens is 397 g/mol. The molecule has 0 atom stereocenters. The lowest BCUT2D eigenvalue weighted by molar-refractivity contribution is -0.736. The van der Waals surface area contributed by atoms with Gasteiger partial charge >= 0.3 is 0 Å². The first-order valence-corrected chi connectivity index (χ1v) is 10.5. The highest BCUT2D eigenvalue weighted by atomic mass is 35.5. The largest absolute Gasteiger partial charge is 1.00 e. The van der Waals surface area contributed by atoms with Gasteiger partial charge in [-0.25, -0.2) is 0 Å². The lowest BCUT2D eigenvalue weighted by Crippen LogP contribution is -3.00. The van der Waals surface area contributed by atoms with Crippen molar-refractivity contribution >= 4 is 0 Å². The lowest BCUT2D eigenvalue weighted by atomic mass is 9.95. The van der Waals surface area contributed by atoms with E-state index < -0.39 is 0 Å². The standard InChI is InChI=1S/C23H41N.3ClH/c1-4-5-6-7-8-9-10-11-12-13-17-20-23(2,3)24-21-22-18-15-14-16-19-22;;;/h14-16,18-19,24H,4-13,17,20-21H2,1-3H3;3*1H/p-2. The van der Waals surface area contributed by atoms with Crippen LogP contribution in [0.1, 0.15) is 103 Å². The number of rotatable bonds is 15. The fourth-order valence-electron chi connectivity index (χ4n) is 3.36. The van der Waals surface area contributed by atoms with E-state index in [4.69, 9.17) is 0 Å². The average molecular weight is 439 g/mol. The molecule has 27 heavy (non-hydrogen) atoms. The van der Waals surface area contributed by atoms with E-state index in [-0.39, 0.29) is 37.2 Å². The summed E-state index contributed by atoms with van der Waals surface area (Å²) in [5.41, 5.74) is 1.80. The van der Waals surface area contributed by atoms with Gasteiger partial charge in [-0.15, -0.1) is 0 Å². The van der Waals surface area contributed by atoms with Crippen molar-refractivity contribution in [1.82, 2.24) is 0 Å². The summed E-state index contributed by atoms with van der Waals surface area (Å²) in [6, 6.07) is 10.8. The minimum atomic E-state index is 0. The number of hydrogen-bond acceptors (Lipinski definition) is 0. The third-order valence-electron chi connectivity index (χ3n) is 5.16. The zero-order valence-corrected chi connectivity index (χ0v) is 20.1. The van der Waals surface area contributed by atoms with Crippen LogP contribution in [-0.4, -0.2) is 5.54 Å². The molecule has 1 rings (SSSR count). The molecule has 0 unspecified atom stereocenters. The van der Waals surface area contributed by atoms with Crippen molar-refractivity contribution in [2.24, 2.45) is 0 Å². The summed E-state index contributed by atoms with van der Waals surface area (Å²) in [6.45, 7) is 8.19. The van der Waals surface area contributed by atoms with Crippen LogP contribution in [0.25, 0.3) is 0 Å². The molecule has 4 heteroatoms. The third-order valence-corrected chi connectivity index (χ3v) is 5.16. The summed E-state index contributed by atoms with van der Waals surface area (Å²) in [5.74, 6) is 0. The third kappa shape index (κ3) is 19.2. The van der Waals surface area contributed by atoms with Crippen LogP contribution in [0.15, 0.2) is 30.3 Å². The van der Waals surface area contributed by atoms with Crippen LogP contribution in [0.3, 0.4) is 0 Å². The van der Waals surface area contributed by atoms with Crippen LogP contribution in [0.2, 0.25) is 0 Å². The summed E-state index contributed by atoms with van der Waals surface area (Å²) in [7, 11) is 0. The first-order valence-electron chi connectivity index (χ1n) is 10.5. The van der Waals surface area contributed by atoms with Crippen LogP contribution in [0.5, 0.6) is 0 Å². The van der Waals surface area contributed by atoms with Crippen LogP contribution < -0.4 is 42.5 Å². The Morgan fingerprint density at radius 2 is 1.11 bits per heavy atom.